The van der Waals surface area contributed by atoms with Gasteiger partial charge in [0.15, 0.2) is 0 Å². The molecule has 3 amide bonds. The van der Waals surface area contributed by atoms with Gasteiger partial charge in [0, 0.05) is 39.3 Å². The van der Waals surface area contributed by atoms with Gasteiger partial charge in [-0.15, -0.1) is 0 Å². The predicted molar refractivity (Wildman–Crippen MR) is 70.1 cm³/mol. The first-order valence-electron chi connectivity index (χ1n) is 6.58. The van der Waals surface area contributed by atoms with E-state index < -0.39 is 0 Å². The lowest BCUT2D eigenvalue weighted by molar-refractivity contribution is -0.123. The molecule has 0 spiro atoms. The number of carbonyl (C=O) groups is 2. The summed E-state index contributed by atoms with van der Waals surface area (Å²) in [5, 5.41) is 0. The van der Waals surface area contributed by atoms with E-state index in [1.165, 1.54) is 0 Å². The summed E-state index contributed by atoms with van der Waals surface area (Å²) >= 11 is 0. The molecule has 1 unspecified atom stereocenters. The van der Waals surface area contributed by atoms with Crippen LogP contribution in [0.4, 0.5) is 4.79 Å². The molecule has 2 N–H and O–H groups in total. The van der Waals surface area contributed by atoms with E-state index in [4.69, 9.17) is 5.73 Å². The first kappa shape index (κ1) is 14.8. The van der Waals surface area contributed by atoms with Gasteiger partial charge in [0.05, 0.1) is 6.04 Å². The molecular weight excluding hydrogens is 232 g/mol. The summed E-state index contributed by atoms with van der Waals surface area (Å²) in [7, 11) is 0. The molecule has 1 atom stereocenters. The van der Waals surface area contributed by atoms with Gasteiger partial charge in [-0.05, 0) is 20.8 Å². The zero-order valence-electron chi connectivity index (χ0n) is 11.6. The highest BCUT2D eigenvalue weighted by molar-refractivity contribution is 5.79. The van der Waals surface area contributed by atoms with Crippen LogP contribution in [0.2, 0.25) is 0 Å². The fourth-order valence-electron chi connectivity index (χ4n) is 2.17. The standard InChI is InChI=1S/C12H24N4O2/c1-4-14(5-2)12(18)16-8-6-15(7-9-16)10(3)11(13)17/h10H,4-9H2,1-3H3,(H2,13,17). The SMILES string of the molecule is CCN(CC)C(=O)N1CCN(C(C)C(N)=O)CC1. The molecule has 1 saturated heterocycles. The van der Waals surface area contributed by atoms with Crippen molar-refractivity contribution in [1.82, 2.24) is 14.7 Å². The number of hydrogen-bond donors (Lipinski definition) is 1. The van der Waals surface area contributed by atoms with E-state index >= 15 is 0 Å². The maximum atomic E-state index is 12.1. The molecule has 0 bridgehead atoms. The lowest BCUT2D eigenvalue weighted by Crippen LogP contribution is -2.56. The van der Waals surface area contributed by atoms with Gasteiger partial charge >= 0.3 is 6.03 Å². The van der Waals surface area contributed by atoms with E-state index in [2.05, 4.69) is 0 Å². The van der Waals surface area contributed by atoms with Crippen molar-refractivity contribution >= 4 is 11.9 Å². The maximum absolute atomic E-state index is 12.1. The normalized spacial score (nSPS) is 18.5. The van der Waals surface area contributed by atoms with Crippen LogP contribution in [0, 0.1) is 0 Å². The number of nitrogens with two attached hydrogens (primary N) is 1. The summed E-state index contributed by atoms with van der Waals surface area (Å²) in [6.07, 6.45) is 0. The van der Waals surface area contributed by atoms with Crippen LogP contribution in [0.1, 0.15) is 20.8 Å². The third-order valence-electron chi connectivity index (χ3n) is 3.58. The minimum atomic E-state index is -0.307. The van der Waals surface area contributed by atoms with Crippen molar-refractivity contribution < 1.29 is 9.59 Å². The topological polar surface area (TPSA) is 69.9 Å². The summed E-state index contributed by atoms with van der Waals surface area (Å²) < 4.78 is 0. The summed E-state index contributed by atoms with van der Waals surface area (Å²) in [4.78, 5) is 28.9. The van der Waals surface area contributed by atoms with E-state index in [9.17, 15) is 9.59 Å². The molecule has 1 rings (SSSR count). The van der Waals surface area contributed by atoms with Gasteiger partial charge in [0.1, 0.15) is 0 Å². The van der Waals surface area contributed by atoms with Gasteiger partial charge in [-0.3, -0.25) is 9.69 Å². The van der Waals surface area contributed by atoms with Crippen LogP contribution in [-0.4, -0.2) is 71.9 Å². The minimum Gasteiger partial charge on any atom is -0.368 e. The Morgan fingerprint density at radius 3 is 2.06 bits per heavy atom. The molecule has 18 heavy (non-hydrogen) atoms. The second-order valence-corrected chi connectivity index (χ2v) is 4.56. The van der Waals surface area contributed by atoms with E-state index in [1.807, 2.05) is 35.5 Å². The molecule has 0 aromatic heterocycles. The average Bonchev–Trinajstić information content (AvgIpc) is 2.39. The average molecular weight is 256 g/mol. The Kier molecular flexibility index (Phi) is 5.40. The number of hydrogen-bond acceptors (Lipinski definition) is 3. The monoisotopic (exact) mass is 256 g/mol. The summed E-state index contributed by atoms with van der Waals surface area (Å²) in [5.74, 6) is -0.307. The van der Waals surface area contributed by atoms with E-state index in [0.29, 0.717) is 26.2 Å². The summed E-state index contributed by atoms with van der Waals surface area (Å²) in [5.41, 5.74) is 5.28. The van der Waals surface area contributed by atoms with Crippen molar-refractivity contribution in [2.24, 2.45) is 5.73 Å². The van der Waals surface area contributed by atoms with Crippen molar-refractivity contribution in [3.05, 3.63) is 0 Å². The van der Waals surface area contributed by atoms with Crippen molar-refractivity contribution in [2.75, 3.05) is 39.3 Å². The Morgan fingerprint density at radius 2 is 1.67 bits per heavy atom. The van der Waals surface area contributed by atoms with Crippen LogP contribution in [0.5, 0.6) is 0 Å². The third kappa shape index (κ3) is 3.35. The molecule has 6 heteroatoms. The van der Waals surface area contributed by atoms with Crippen LogP contribution >= 0.6 is 0 Å². The van der Waals surface area contributed by atoms with Crippen molar-refractivity contribution in [2.45, 2.75) is 26.8 Å². The molecule has 0 aromatic rings. The Bertz CT molecular complexity index is 296. The summed E-state index contributed by atoms with van der Waals surface area (Å²) in [6, 6.07) is -0.165. The largest absolute Gasteiger partial charge is 0.368 e. The lowest BCUT2D eigenvalue weighted by atomic mass is 10.2. The Balaban J connectivity index is 2.48. The van der Waals surface area contributed by atoms with Gasteiger partial charge in [-0.25, -0.2) is 4.79 Å². The zero-order chi connectivity index (χ0) is 13.7. The van der Waals surface area contributed by atoms with Crippen molar-refractivity contribution in [3.8, 4) is 0 Å². The van der Waals surface area contributed by atoms with Gasteiger partial charge < -0.3 is 15.5 Å². The third-order valence-corrected chi connectivity index (χ3v) is 3.58. The first-order chi connectivity index (χ1) is 8.51. The lowest BCUT2D eigenvalue weighted by Gasteiger charge is -2.38. The number of rotatable bonds is 4. The smallest absolute Gasteiger partial charge is 0.320 e. The number of piperazine rings is 1. The van der Waals surface area contributed by atoms with Gasteiger partial charge in [-0.2, -0.15) is 0 Å². The highest BCUT2D eigenvalue weighted by atomic mass is 16.2. The molecule has 0 radical (unpaired) electrons. The zero-order valence-corrected chi connectivity index (χ0v) is 11.6. The highest BCUT2D eigenvalue weighted by Crippen LogP contribution is 2.08. The van der Waals surface area contributed by atoms with Gasteiger partial charge in [0.25, 0.3) is 0 Å². The molecule has 104 valence electrons. The molecule has 1 aliphatic heterocycles. The van der Waals surface area contributed by atoms with Crippen molar-refractivity contribution in [3.63, 3.8) is 0 Å². The number of urea groups is 1. The summed E-state index contributed by atoms with van der Waals surface area (Å²) in [6.45, 7) is 9.96. The first-order valence-corrected chi connectivity index (χ1v) is 6.58. The Hall–Kier alpha value is -1.30. The quantitative estimate of drug-likeness (QED) is 0.766. The predicted octanol–water partition coefficient (Wildman–Crippen LogP) is -0.0604. The molecule has 0 aliphatic carbocycles. The molecule has 6 nitrogen and oxygen atoms in total. The molecule has 1 fully saturated rings. The number of carbonyl (C=O) groups excluding carboxylic acids is 2. The van der Waals surface area contributed by atoms with Crippen LogP contribution in [0.3, 0.4) is 0 Å². The Labute approximate surface area is 109 Å². The van der Waals surface area contributed by atoms with Gasteiger partial charge in [-0.1, -0.05) is 0 Å². The van der Waals surface area contributed by atoms with Crippen LogP contribution in [0.25, 0.3) is 0 Å². The minimum absolute atomic E-state index is 0.0892. The molecule has 1 heterocycles. The van der Waals surface area contributed by atoms with E-state index in [0.717, 1.165) is 13.1 Å². The second-order valence-electron chi connectivity index (χ2n) is 4.56. The van der Waals surface area contributed by atoms with E-state index in [-0.39, 0.29) is 18.0 Å². The van der Waals surface area contributed by atoms with Crippen LogP contribution in [-0.2, 0) is 4.79 Å². The fourth-order valence-corrected chi connectivity index (χ4v) is 2.17. The highest BCUT2D eigenvalue weighted by Gasteiger charge is 2.27. The Morgan fingerprint density at radius 1 is 1.17 bits per heavy atom. The van der Waals surface area contributed by atoms with E-state index in [1.54, 1.807) is 0 Å². The maximum Gasteiger partial charge on any atom is 0.320 e. The van der Waals surface area contributed by atoms with Crippen LogP contribution < -0.4 is 5.73 Å². The number of amides is 3. The molecule has 0 aromatic carbocycles. The fraction of sp³-hybridized carbons (Fsp3) is 0.833. The second kappa shape index (κ2) is 6.58. The van der Waals surface area contributed by atoms with Crippen molar-refractivity contribution in [1.29, 1.82) is 0 Å². The molecule has 1 aliphatic rings. The number of nitrogens with zero attached hydrogens (tertiary/aromatic N) is 3. The molecular formula is C12H24N4O2. The van der Waals surface area contributed by atoms with Gasteiger partial charge in [0.2, 0.25) is 5.91 Å². The van der Waals surface area contributed by atoms with Crippen LogP contribution in [0.15, 0.2) is 0 Å². The number of primary amides is 1. The molecule has 0 saturated carbocycles.